The van der Waals surface area contributed by atoms with Crippen molar-refractivity contribution in [1.29, 1.82) is 0 Å². The van der Waals surface area contributed by atoms with E-state index in [4.69, 9.17) is 5.73 Å². The molecule has 1 aliphatic rings. The van der Waals surface area contributed by atoms with Gasteiger partial charge in [-0.15, -0.1) is 0 Å². The van der Waals surface area contributed by atoms with E-state index in [1.807, 2.05) is 0 Å². The molecular weight excluding hydrogens is 198 g/mol. The highest BCUT2D eigenvalue weighted by Gasteiger charge is 2.33. The topological polar surface area (TPSA) is 41.3 Å². The molecule has 3 nitrogen and oxygen atoms in total. The van der Waals surface area contributed by atoms with Crippen LogP contribution in [0.4, 0.5) is 0 Å². The van der Waals surface area contributed by atoms with Crippen LogP contribution in [0.1, 0.15) is 33.1 Å². The Labute approximate surface area is 101 Å². The number of rotatable bonds is 7. The lowest BCUT2D eigenvalue weighted by Crippen LogP contribution is -2.37. The van der Waals surface area contributed by atoms with Crippen LogP contribution in [0, 0.1) is 11.3 Å². The summed E-state index contributed by atoms with van der Waals surface area (Å²) in [7, 11) is 2.23. The van der Waals surface area contributed by atoms with E-state index < -0.39 is 0 Å². The highest BCUT2D eigenvalue weighted by atomic mass is 15.1. The molecule has 1 aliphatic heterocycles. The molecule has 0 saturated carbocycles. The zero-order chi connectivity index (χ0) is 12.0. The van der Waals surface area contributed by atoms with Gasteiger partial charge in [-0.05, 0) is 57.3 Å². The van der Waals surface area contributed by atoms with Gasteiger partial charge in [0.05, 0.1) is 0 Å². The molecule has 0 spiro atoms. The van der Waals surface area contributed by atoms with Crippen LogP contribution in [0.2, 0.25) is 0 Å². The minimum absolute atomic E-state index is 0.424. The summed E-state index contributed by atoms with van der Waals surface area (Å²) in [5, 5.41) is 3.58. The predicted octanol–water partition coefficient (Wildman–Crippen LogP) is 1.29. The van der Waals surface area contributed by atoms with Gasteiger partial charge in [0.1, 0.15) is 0 Å². The maximum atomic E-state index is 5.48. The maximum Gasteiger partial charge on any atom is 0.00127 e. The first-order chi connectivity index (χ1) is 7.56. The summed E-state index contributed by atoms with van der Waals surface area (Å²) in [6, 6.07) is 0. The van der Waals surface area contributed by atoms with Gasteiger partial charge >= 0.3 is 0 Å². The summed E-state index contributed by atoms with van der Waals surface area (Å²) in [4.78, 5) is 2.45. The minimum Gasteiger partial charge on any atom is -0.330 e. The quantitative estimate of drug-likeness (QED) is 0.644. The molecule has 96 valence electrons. The van der Waals surface area contributed by atoms with E-state index in [1.165, 1.54) is 25.9 Å². The molecule has 16 heavy (non-hydrogen) atoms. The fourth-order valence-corrected chi connectivity index (χ4v) is 2.52. The smallest absolute Gasteiger partial charge is 0.00127 e. The van der Waals surface area contributed by atoms with Crippen molar-refractivity contribution in [2.75, 3.05) is 39.8 Å². The van der Waals surface area contributed by atoms with E-state index >= 15 is 0 Å². The number of nitrogens with one attached hydrogen (secondary N) is 1. The number of hydrogen-bond acceptors (Lipinski definition) is 3. The molecule has 0 aliphatic carbocycles. The third-order valence-corrected chi connectivity index (χ3v) is 3.88. The number of hydrogen-bond donors (Lipinski definition) is 2. The van der Waals surface area contributed by atoms with Gasteiger partial charge in [-0.25, -0.2) is 0 Å². The molecule has 0 bridgehead atoms. The Bertz CT molecular complexity index is 192. The highest BCUT2D eigenvalue weighted by Crippen LogP contribution is 2.33. The van der Waals surface area contributed by atoms with E-state index in [2.05, 4.69) is 31.1 Å². The van der Waals surface area contributed by atoms with Crippen LogP contribution in [0.5, 0.6) is 0 Å². The van der Waals surface area contributed by atoms with Crippen molar-refractivity contribution in [2.24, 2.45) is 17.1 Å². The van der Waals surface area contributed by atoms with Crippen molar-refractivity contribution in [2.45, 2.75) is 33.1 Å². The molecule has 1 rings (SSSR count). The molecule has 3 N–H and O–H groups in total. The van der Waals surface area contributed by atoms with Crippen molar-refractivity contribution < 1.29 is 0 Å². The second-order valence-corrected chi connectivity index (χ2v) is 5.91. The van der Waals surface area contributed by atoms with Gasteiger partial charge in [-0.2, -0.15) is 0 Å². The molecule has 0 radical (unpaired) electrons. The number of likely N-dealkylation sites (tertiary alicyclic amines) is 1. The average molecular weight is 227 g/mol. The van der Waals surface area contributed by atoms with Crippen LogP contribution in [-0.2, 0) is 0 Å². The zero-order valence-corrected chi connectivity index (χ0v) is 11.3. The minimum atomic E-state index is 0.424. The molecule has 0 amide bonds. The monoisotopic (exact) mass is 227 g/mol. The third-order valence-electron chi connectivity index (χ3n) is 3.88. The second-order valence-electron chi connectivity index (χ2n) is 5.91. The number of nitrogens with zero attached hydrogens (tertiary/aromatic N) is 1. The number of unbranched alkanes of at least 4 members (excludes halogenated alkanes) is 1. The molecule has 1 saturated heterocycles. The van der Waals surface area contributed by atoms with Crippen LogP contribution in [0.15, 0.2) is 0 Å². The van der Waals surface area contributed by atoms with Gasteiger partial charge in [0.2, 0.25) is 0 Å². The Kier molecular flexibility index (Phi) is 5.73. The van der Waals surface area contributed by atoms with Crippen LogP contribution in [0.3, 0.4) is 0 Å². The average Bonchev–Trinajstić information content (AvgIpc) is 2.65. The lowest BCUT2D eigenvalue weighted by atomic mass is 9.78. The van der Waals surface area contributed by atoms with Crippen LogP contribution >= 0.6 is 0 Å². The highest BCUT2D eigenvalue weighted by molar-refractivity contribution is 4.86. The summed E-state index contributed by atoms with van der Waals surface area (Å²) in [5.41, 5.74) is 5.90. The molecule has 1 fully saturated rings. The van der Waals surface area contributed by atoms with Crippen molar-refractivity contribution in [3.63, 3.8) is 0 Å². The SMILES string of the molecule is CN1CCC(C(C)(C)CNCCCCN)C1. The largest absolute Gasteiger partial charge is 0.330 e. The predicted molar refractivity (Wildman–Crippen MR) is 70.5 cm³/mol. The van der Waals surface area contributed by atoms with Gasteiger partial charge in [-0.1, -0.05) is 13.8 Å². The van der Waals surface area contributed by atoms with E-state index in [9.17, 15) is 0 Å². The van der Waals surface area contributed by atoms with E-state index in [0.29, 0.717) is 5.41 Å². The fourth-order valence-electron chi connectivity index (χ4n) is 2.52. The Balaban J connectivity index is 2.18. The Morgan fingerprint density at radius 3 is 2.69 bits per heavy atom. The number of nitrogens with two attached hydrogens (primary N) is 1. The summed E-state index contributed by atoms with van der Waals surface area (Å²) < 4.78 is 0. The Morgan fingerprint density at radius 1 is 1.38 bits per heavy atom. The first-order valence-corrected chi connectivity index (χ1v) is 6.65. The second kappa shape index (κ2) is 6.58. The van der Waals surface area contributed by atoms with Crippen molar-refractivity contribution in [3.8, 4) is 0 Å². The van der Waals surface area contributed by atoms with E-state index in [0.717, 1.165) is 32.0 Å². The van der Waals surface area contributed by atoms with Crippen molar-refractivity contribution >= 4 is 0 Å². The third kappa shape index (κ3) is 4.40. The summed E-state index contributed by atoms with van der Waals surface area (Å²) in [6.45, 7) is 10.4. The Morgan fingerprint density at radius 2 is 2.12 bits per heavy atom. The maximum absolute atomic E-state index is 5.48. The molecule has 1 heterocycles. The Hall–Kier alpha value is -0.120. The zero-order valence-electron chi connectivity index (χ0n) is 11.3. The van der Waals surface area contributed by atoms with Gasteiger partial charge < -0.3 is 16.0 Å². The standard InChI is InChI=1S/C13H29N3/c1-13(2,11-15-8-5-4-7-14)12-6-9-16(3)10-12/h12,15H,4-11,14H2,1-3H3. The van der Waals surface area contributed by atoms with Gasteiger partial charge in [0, 0.05) is 13.1 Å². The fraction of sp³-hybridized carbons (Fsp3) is 1.00. The summed E-state index contributed by atoms with van der Waals surface area (Å²) in [5.74, 6) is 0.847. The van der Waals surface area contributed by atoms with Gasteiger partial charge in [0.25, 0.3) is 0 Å². The molecular formula is C13H29N3. The van der Waals surface area contributed by atoms with E-state index in [-0.39, 0.29) is 0 Å². The van der Waals surface area contributed by atoms with Crippen molar-refractivity contribution in [3.05, 3.63) is 0 Å². The van der Waals surface area contributed by atoms with Crippen LogP contribution < -0.4 is 11.1 Å². The summed E-state index contributed by atoms with van der Waals surface area (Å²) in [6.07, 6.45) is 3.70. The van der Waals surface area contributed by atoms with Gasteiger partial charge in [-0.3, -0.25) is 0 Å². The molecule has 0 aromatic rings. The molecule has 3 heteroatoms. The molecule has 1 unspecified atom stereocenters. The normalized spacial score (nSPS) is 22.9. The molecule has 0 aromatic carbocycles. The van der Waals surface area contributed by atoms with Crippen LogP contribution in [-0.4, -0.2) is 44.7 Å². The van der Waals surface area contributed by atoms with E-state index in [1.54, 1.807) is 0 Å². The lowest BCUT2D eigenvalue weighted by molar-refractivity contribution is 0.206. The molecule has 1 atom stereocenters. The molecule has 0 aromatic heterocycles. The van der Waals surface area contributed by atoms with Crippen molar-refractivity contribution in [1.82, 2.24) is 10.2 Å². The van der Waals surface area contributed by atoms with Gasteiger partial charge in [0.15, 0.2) is 0 Å². The first-order valence-electron chi connectivity index (χ1n) is 6.65. The summed E-state index contributed by atoms with van der Waals surface area (Å²) >= 11 is 0. The van der Waals surface area contributed by atoms with Crippen LogP contribution in [0.25, 0.3) is 0 Å². The first kappa shape index (κ1) is 13.9. The lowest BCUT2D eigenvalue weighted by Gasteiger charge is -2.32.